The van der Waals surface area contributed by atoms with E-state index in [9.17, 15) is 0 Å². The number of guanidine groups is 1. The van der Waals surface area contributed by atoms with E-state index in [2.05, 4.69) is 46.2 Å². The second-order valence-electron chi connectivity index (χ2n) is 5.00. The maximum absolute atomic E-state index is 5.99. The number of aromatic nitrogens is 1. The van der Waals surface area contributed by atoms with Gasteiger partial charge in [0.05, 0.1) is 23.1 Å². The van der Waals surface area contributed by atoms with Crippen LogP contribution in [0.25, 0.3) is 0 Å². The summed E-state index contributed by atoms with van der Waals surface area (Å²) in [7, 11) is 2.03. The van der Waals surface area contributed by atoms with E-state index in [1.807, 2.05) is 25.4 Å². The molecule has 1 N–H and O–H groups in total. The first-order valence-corrected chi connectivity index (χ1v) is 8.43. The minimum absolute atomic E-state index is 0.574. The molecule has 0 aliphatic rings. The molecule has 0 radical (unpaired) electrons. The quantitative estimate of drug-likeness (QED) is 0.668. The average Bonchev–Trinajstić information content (AvgIpc) is 2.90. The van der Waals surface area contributed by atoms with Crippen molar-refractivity contribution in [3.8, 4) is 0 Å². The van der Waals surface area contributed by atoms with Crippen LogP contribution in [0.15, 0.2) is 35.5 Å². The molecule has 0 bridgehead atoms. The van der Waals surface area contributed by atoms with Gasteiger partial charge < -0.3 is 10.2 Å². The molecule has 0 amide bonds. The van der Waals surface area contributed by atoms with E-state index in [0.29, 0.717) is 6.54 Å². The average molecular weight is 337 g/mol. The van der Waals surface area contributed by atoms with Crippen LogP contribution in [-0.2, 0) is 13.1 Å². The SMILES string of the molecule is CCNC(=NCc1ncccc1C)N(C)Cc1ccc(Cl)s1. The van der Waals surface area contributed by atoms with Crippen molar-refractivity contribution in [3.05, 3.63) is 50.9 Å². The number of hydrogen-bond acceptors (Lipinski definition) is 3. The van der Waals surface area contributed by atoms with Gasteiger partial charge >= 0.3 is 0 Å². The highest BCUT2D eigenvalue weighted by Gasteiger charge is 2.08. The monoisotopic (exact) mass is 336 g/mol. The minimum atomic E-state index is 0.574. The molecule has 0 spiro atoms. The Labute approximate surface area is 140 Å². The Hall–Kier alpha value is -1.59. The zero-order chi connectivity index (χ0) is 15.9. The Morgan fingerprint density at radius 3 is 2.86 bits per heavy atom. The normalized spacial score (nSPS) is 11.5. The first kappa shape index (κ1) is 16.8. The van der Waals surface area contributed by atoms with Crippen LogP contribution in [0.2, 0.25) is 4.34 Å². The lowest BCUT2D eigenvalue weighted by molar-refractivity contribution is 0.481. The van der Waals surface area contributed by atoms with E-state index in [4.69, 9.17) is 11.6 Å². The predicted octanol–water partition coefficient (Wildman–Crippen LogP) is 3.70. The van der Waals surface area contributed by atoms with E-state index in [0.717, 1.165) is 34.6 Å². The van der Waals surface area contributed by atoms with Gasteiger partial charge in [0.2, 0.25) is 0 Å². The fourth-order valence-electron chi connectivity index (χ4n) is 2.05. The lowest BCUT2D eigenvalue weighted by Crippen LogP contribution is -2.38. The van der Waals surface area contributed by atoms with Gasteiger partial charge in [-0.15, -0.1) is 11.3 Å². The Morgan fingerprint density at radius 2 is 2.23 bits per heavy atom. The highest BCUT2D eigenvalue weighted by atomic mass is 35.5. The van der Waals surface area contributed by atoms with E-state index >= 15 is 0 Å². The summed E-state index contributed by atoms with van der Waals surface area (Å²) in [5, 5.41) is 3.32. The van der Waals surface area contributed by atoms with Gasteiger partial charge in [0, 0.05) is 24.7 Å². The van der Waals surface area contributed by atoms with Crippen LogP contribution in [0.4, 0.5) is 0 Å². The van der Waals surface area contributed by atoms with Gasteiger partial charge in [-0.05, 0) is 37.6 Å². The third-order valence-corrected chi connectivity index (χ3v) is 4.43. The highest BCUT2D eigenvalue weighted by molar-refractivity contribution is 7.16. The summed E-state index contributed by atoms with van der Waals surface area (Å²) < 4.78 is 0.814. The maximum Gasteiger partial charge on any atom is 0.194 e. The molecule has 0 atom stereocenters. The zero-order valence-corrected chi connectivity index (χ0v) is 14.7. The smallest absolute Gasteiger partial charge is 0.194 e. The molecule has 118 valence electrons. The van der Waals surface area contributed by atoms with Crippen LogP contribution in [0.1, 0.15) is 23.1 Å². The van der Waals surface area contributed by atoms with Crippen LogP contribution in [0.5, 0.6) is 0 Å². The largest absolute Gasteiger partial charge is 0.357 e. The third kappa shape index (κ3) is 4.71. The Morgan fingerprint density at radius 1 is 1.41 bits per heavy atom. The van der Waals surface area contributed by atoms with Crippen molar-refractivity contribution in [1.29, 1.82) is 0 Å². The summed E-state index contributed by atoms with van der Waals surface area (Å²) in [6.07, 6.45) is 1.81. The van der Waals surface area contributed by atoms with Gasteiger partial charge in [-0.3, -0.25) is 4.98 Å². The molecule has 0 aliphatic heterocycles. The molecule has 0 aliphatic carbocycles. The number of thiophene rings is 1. The lowest BCUT2D eigenvalue weighted by atomic mass is 10.2. The Balaban J connectivity index is 2.07. The van der Waals surface area contributed by atoms with Gasteiger partial charge in [0.15, 0.2) is 5.96 Å². The molecular formula is C16H21ClN4S. The van der Waals surface area contributed by atoms with E-state index in [1.165, 1.54) is 4.88 Å². The summed E-state index contributed by atoms with van der Waals surface area (Å²) in [6.45, 7) is 6.31. The van der Waals surface area contributed by atoms with Crippen molar-refractivity contribution in [2.24, 2.45) is 4.99 Å². The van der Waals surface area contributed by atoms with Gasteiger partial charge in [-0.2, -0.15) is 0 Å². The van der Waals surface area contributed by atoms with Crippen LogP contribution < -0.4 is 5.32 Å². The molecule has 0 unspecified atom stereocenters. The summed E-state index contributed by atoms with van der Waals surface area (Å²) in [5.41, 5.74) is 2.17. The minimum Gasteiger partial charge on any atom is -0.357 e. The number of hydrogen-bond donors (Lipinski definition) is 1. The molecule has 2 heterocycles. The first-order valence-electron chi connectivity index (χ1n) is 7.24. The molecule has 0 saturated heterocycles. The standard InChI is InChI=1S/C16H21ClN4S/c1-4-18-16(20-10-14-12(2)6-5-9-19-14)21(3)11-13-7-8-15(17)22-13/h5-9H,4,10-11H2,1-3H3,(H,18,20). The first-order chi connectivity index (χ1) is 10.6. The lowest BCUT2D eigenvalue weighted by Gasteiger charge is -2.21. The number of nitrogens with one attached hydrogen (secondary N) is 1. The summed E-state index contributed by atoms with van der Waals surface area (Å²) in [6, 6.07) is 7.98. The number of pyridine rings is 1. The van der Waals surface area contributed by atoms with Crippen molar-refractivity contribution < 1.29 is 0 Å². The van der Waals surface area contributed by atoms with Gasteiger partial charge in [-0.1, -0.05) is 17.7 Å². The highest BCUT2D eigenvalue weighted by Crippen LogP contribution is 2.22. The molecule has 0 saturated carbocycles. The molecule has 2 rings (SSSR count). The fourth-order valence-corrected chi connectivity index (χ4v) is 3.19. The van der Waals surface area contributed by atoms with Crippen LogP contribution in [-0.4, -0.2) is 29.4 Å². The van der Waals surface area contributed by atoms with Crippen molar-refractivity contribution in [2.75, 3.05) is 13.6 Å². The summed E-state index contributed by atoms with van der Waals surface area (Å²) >= 11 is 7.59. The van der Waals surface area contributed by atoms with E-state index in [1.54, 1.807) is 11.3 Å². The van der Waals surface area contributed by atoms with Crippen LogP contribution in [0.3, 0.4) is 0 Å². The number of aryl methyl sites for hydroxylation is 1. The van der Waals surface area contributed by atoms with Crippen molar-refractivity contribution in [1.82, 2.24) is 15.2 Å². The second-order valence-corrected chi connectivity index (χ2v) is 6.80. The number of rotatable bonds is 5. The molecule has 2 aromatic heterocycles. The van der Waals surface area contributed by atoms with Gasteiger partial charge in [0.1, 0.15) is 0 Å². The second kappa shape index (κ2) is 8.15. The van der Waals surface area contributed by atoms with Crippen molar-refractivity contribution in [2.45, 2.75) is 26.9 Å². The molecular weight excluding hydrogens is 316 g/mol. The van der Waals surface area contributed by atoms with E-state index in [-0.39, 0.29) is 0 Å². The van der Waals surface area contributed by atoms with E-state index < -0.39 is 0 Å². The molecule has 22 heavy (non-hydrogen) atoms. The van der Waals surface area contributed by atoms with Gasteiger partial charge in [0.25, 0.3) is 0 Å². The molecule has 0 aromatic carbocycles. The summed E-state index contributed by atoms with van der Waals surface area (Å²) in [4.78, 5) is 12.4. The third-order valence-electron chi connectivity index (χ3n) is 3.21. The molecule has 2 aromatic rings. The molecule has 0 fully saturated rings. The topological polar surface area (TPSA) is 40.5 Å². The zero-order valence-electron chi connectivity index (χ0n) is 13.1. The van der Waals surface area contributed by atoms with Crippen LogP contribution in [0, 0.1) is 6.92 Å². The van der Waals surface area contributed by atoms with Crippen LogP contribution >= 0.6 is 22.9 Å². The fraction of sp³-hybridized carbons (Fsp3) is 0.375. The molecule has 4 nitrogen and oxygen atoms in total. The Bertz CT molecular complexity index is 639. The number of nitrogens with zero attached hydrogens (tertiary/aromatic N) is 3. The Kier molecular flexibility index (Phi) is 6.21. The predicted molar refractivity (Wildman–Crippen MR) is 94.6 cm³/mol. The molecule has 6 heteroatoms. The van der Waals surface area contributed by atoms with Crippen molar-refractivity contribution in [3.63, 3.8) is 0 Å². The number of halogens is 1. The maximum atomic E-state index is 5.99. The number of aliphatic imine (C=N–C) groups is 1. The van der Waals surface area contributed by atoms with Crippen molar-refractivity contribution >= 4 is 28.9 Å². The summed E-state index contributed by atoms with van der Waals surface area (Å²) in [5.74, 6) is 0.872. The van der Waals surface area contributed by atoms with Gasteiger partial charge in [-0.25, -0.2) is 4.99 Å².